The maximum absolute atomic E-state index is 14.2. The Bertz CT molecular complexity index is 1410. The number of halogens is 1. The van der Waals surface area contributed by atoms with Gasteiger partial charge in [0.05, 0.1) is 35.5 Å². The lowest BCUT2D eigenvalue weighted by atomic mass is 9.95. The number of piperazine rings is 1. The Morgan fingerprint density at radius 3 is 2.66 bits per heavy atom. The second-order valence-electron chi connectivity index (χ2n) is 9.34. The Hall–Kier alpha value is -4.36. The van der Waals surface area contributed by atoms with Crippen LogP contribution < -0.4 is 10.1 Å². The van der Waals surface area contributed by atoms with Gasteiger partial charge in [0.15, 0.2) is 0 Å². The number of urea groups is 1. The number of carbonyl (C=O) groups excluding carboxylic acids is 2. The zero-order chi connectivity index (χ0) is 26.8. The molecule has 2 unspecified atom stereocenters. The number of rotatable bonds is 5. The number of hydrogen-bond donors (Lipinski definition) is 2. The van der Waals surface area contributed by atoms with Gasteiger partial charge in [-0.3, -0.25) is 19.8 Å². The Labute approximate surface area is 224 Å². The summed E-state index contributed by atoms with van der Waals surface area (Å²) in [5, 5.41) is 19.8. The number of carbonyl (C=O) groups is 2. The van der Waals surface area contributed by atoms with Crippen molar-refractivity contribution in [1.82, 2.24) is 25.3 Å². The first-order chi connectivity index (χ1) is 18.4. The third-order valence-electron chi connectivity index (χ3n) is 6.37. The quantitative estimate of drug-likeness (QED) is 0.517. The van der Waals surface area contributed by atoms with Gasteiger partial charge < -0.3 is 15.0 Å². The Balaban J connectivity index is 1.69. The number of H-pyrrole nitrogens is 1. The molecule has 1 aromatic heterocycles. The van der Waals surface area contributed by atoms with E-state index in [0.717, 1.165) is 11.1 Å². The lowest BCUT2D eigenvalue weighted by Crippen LogP contribution is -2.55. The summed E-state index contributed by atoms with van der Waals surface area (Å²) < 4.78 is 6.09. The molecule has 0 radical (unpaired) electrons. The zero-order valence-corrected chi connectivity index (χ0v) is 21.6. The molecule has 3 heterocycles. The second kappa shape index (κ2) is 10.6. The lowest BCUT2D eigenvalue weighted by Gasteiger charge is -2.35. The third-order valence-corrected chi connectivity index (χ3v) is 6.62. The number of amides is 3. The number of ether oxygens (including phenoxy) is 1. The first-order valence-electron chi connectivity index (χ1n) is 12.2. The molecule has 38 heavy (non-hydrogen) atoms. The number of amidine groups is 1. The van der Waals surface area contributed by atoms with E-state index in [1.165, 1.54) is 4.90 Å². The van der Waals surface area contributed by atoms with Gasteiger partial charge in [-0.25, -0.2) is 4.79 Å². The molecule has 0 spiro atoms. The lowest BCUT2D eigenvalue weighted by molar-refractivity contribution is -0.123. The monoisotopic (exact) mass is 531 g/mol. The number of nitrogens with one attached hydrogen (secondary N) is 2. The van der Waals surface area contributed by atoms with Crippen LogP contribution in [0.2, 0.25) is 5.02 Å². The van der Waals surface area contributed by atoms with E-state index in [2.05, 4.69) is 21.6 Å². The fourth-order valence-corrected chi connectivity index (χ4v) is 4.83. The molecule has 1 fully saturated rings. The van der Waals surface area contributed by atoms with Gasteiger partial charge in [-0.2, -0.15) is 10.4 Å². The van der Waals surface area contributed by atoms with Crippen molar-refractivity contribution in [3.05, 3.63) is 82.1 Å². The molecular formula is C27H26ClN7O3. The van der Waals surface area contributed by atoms with Crippen LogP contribution in [0.15, 0.2) is 59.9 Å². The van der Waals surface area contributed by atoms with E-state index in [1.54, 1.807) is 47.6 Å². The van der Waals surface area contributed by atoms with Crippen molar-refractivity contribution in [1.29, 1.82) is 5.26 Å². The summed E-state index contributed by atoms with van der Waals surface area (Å²) in [6, 6.07) is 13.1. The number of benzene rings is 2. The number of aromatic amines is 1. The van der Waals surface area contributed by atoms with Crippen LogP contribution in [0.5, 0.6) is 5.75 Å². The highest BCUT2D eigenvalue weighted by atomic mass is 35.5. The van der Waals surface area contributed by atoms with E-state index >= 15 is 0 Å². The first-order valence-corrected chi connectivity index (χ1v) is 12.6. The summed E-state index contributed by atoms with van der Waals surface area (Å²) in [4.78, 5) is 34.6. The van der Waals surface area contributed by atoms with Crippen molar-refractivity contribution < 1.29 is 14.3 Å². The van der Waals surface area contributed by atoms with Crippen LogP contribution in [0.4, 0.5) is 4.79 Å². The van der Waals surface area contributed by atoms with Gasteiger partial charge in [-0.15, -0.1) is 0 Å². The van der Waals surface area contributed by atoms with Crippen LogP contribution in [0.1, 0.15) is 48.2 Å². The molecule has 3 aromatic rings. The molecule has 2 aliphatic heterocycles. The van der Waals surface area contributed by atoms with E-state index in [1.807, 2.05) is 26.0 Å². The number of aliphatic imine (C=N–C) groups is 1. The molecule has 2 atom stereocenters. The normalized spacial score (nSPS) is 19.2. The third kappa shape index (κ3) is 4.93. The van der Waals surface area contributed by atoms with Crippen molar-refractivity contribution in [2.24, 2.45) is 4.99 Å². The number of aromatic nitrogens is 2. The summed E-state index contributed by atoms with van der Waals surface area (Å²) in [7, 11) is 0. The largest absolute Gasteiger partial charge is 0.490 e. The summed E-state index contributed by atoms with van der Waals surface area (Å²) in [6.45, 7) is 4.44. The van der Waals surface area contributed by atoms with Crippen LogP contribution >= 0.6 is 11.6 Å². The molecule has 3 amide bonds. The molecule has 194 valence electrons. The molecule has 2 N–H and O–H groups in total. The molecule has 0 saturated carbocycles. The summed E-state index contributed by atoms with van der Waals surface area (Å²) in [5.41, 5.74) is 2.59. The van der Waals surface area contributed by atoms with Crippen LogP contribution in [-0.2, 0) is 4.79 Å². The second-order valence-corrected chi connectivity index (χ2v) is 9.78. The topological polar surface area (TPSA) is 127 Å². The molecule has 0 bridgehead atoms. The minimum Gasteiger partial charge on any atom is -0.490 e. The van der Waals surface area contributed by atoms with Crippen molar-refractivity contribution in [2.75, 3.05) is 19.6 Å². The number of nitriles is 1. The Morgan fingerprint density at radius 1 is 1.21 bits per heavy atom. The molecule has 2 aliphatic rings. The average molecular weight is 532 g/mol. The van der Waals surface area contributed by atoms with Crippen LogP contribution in [0.3, 0.4) is 0 Å². The smallest absolute Gasteiger partial charge is 0.326 e. The van der Waals surface area contributed by atoms with E-state index in [0.29, 0.717) is 40.8 Å². The maximum Gasteiger partial charge on any atom is 0.326 e. The van der Waals surface area contributed by atoms with Gasteiger partial charge in [-0.1, -0.05) is 23.7 Å². The van der Waals surface area contributed by atoms with Crippen LogP contribution in [0.25, 0.3) is 0 Å². The van der Waals surface area contributed by atoms with Gasteiger partial charge in [0.2, 0.25) is 5.91 Å². The van der Waals surface area contributed by atoms with Gasteiger partial charge in [-0.05, 0) is 49.7 Å². The van der Waals surface area contributed by atoms with Crippen molar-refractivity contribution in [3.8, 4) is 11.8 Å². The number of hydrogen-bond acceptors (Lipinski definition) is 6. The minimum atomic E-state index is -0.565. The predicted molar refractivity (Wildman–Crippen MR) is 141 cm³/mol. The summed E-state index contributed by atoms with van der Waals surface area (Å²) >= 11 is 6.17. The molecule has 0 aliphatic carbocycles. The molecule has 10 nitrogen and oxygen atoms in total. The summed E-state index contributed by atoms with van der Waals surface area (Å²) in [5.74, 6) is 0.598. The SMILES string of the molecule is CC(C)Oc1cc(C#N)ccc1C1=NC(c2ccc(Cl)cc2)C(c2cn[nH]c2)N1C(=O)N1CCNC(=O)C1. The molecule has 5 rings (SSSR count). The van der Waals surface area contributed by atoms with Gasteiger partial charge >= 0.3 is 6.03 Å². The highest BCUT2D eigenvalue weighted by molar-refractivity contribution is 6.30. The fraction of sp³-hybridized carbons (Fsp3) is 0.296. The highest BCUT2D eigenvalue weighted by Gasteiger charge is 2.45. The Kier molecular flexibility index (Phi) is 7.03. The fourth-order valence-electron chi connectivity index (χ4n) is 4.70. The first kappa shape index (κ1) is 25.3. The van der Waals surface area contributed by atoms with E-state index < -0.39 is 12.1 Å². The molecule has 11 heteroatoms. The van der Waals surface area contributed by atoms with Crippen molar-refractivity contribution >= 4 is 29.4 Å². The van der Waals surface area contributed by atoms with Gasteiger partial charge in [0.1, 0.15) is 24.2 Å². The van der Waals surface area contributed by atoms with Gasteiger partial charge in [0.25, 0.3) is 0 Å². The predicted octanol–water partition coefficient (Wildman–Crippen LogP) is 3.82. The van der Waals surface area contributed by atoms with Crippen LogP contribution in [-0.4, -0.2) is 63.5 Å². The molecular weight excluding hydrogens is 506 g/mol. The molecule has 2 aromatic carbocycles. The Morgan fingerprint density at radius 2 is 2.00 bits per heavy atom. The van der Waals surface area contributed by atoms with E-state index in [4.69, 9.17) is 21.3 Å². The standard InChI is InChI=1S/C27H26ClN7O3/c1-16(2)38-22-11-17(12-29)3-8-21(22)26-33-24(18-4-6-20(28)7-5-18)25(19-13-31-32-14-19)35(26)27(37)34-10-9-30-23(36)15-34/h3-8,11,13-14,16,24-25H,9-10,15H2,1-2H3,(H,30,36)(H,31,32). The zero-order valence-electron chi connectivity index (χ0n) is 20.9. The number of nitrogens with zero attached hydrogens (tertiary/aromatic N) is 5. The van der Waals surface area contributed by atoms with Gasteiger partial charge in [0, 0.05) is 29.9 Å². The van der Waals surface area contributed by atoms with Crippen molar-refractivity contribution in [3.63, 3.8) is 0 Å². The minimum absolute atomic E-state index is 0.0605. The molecule has 1 saturated heterocycles. The van der Waals surface area contributed by atoms with Crippen molar-refractivity contribution in [2.45, 2.75) is 32.0 Å². The summed E-state index contributed by atoms with van der Waals surface area (Å²) in [6.07, 6.45) is 3.22. The van der Waals surface area contributed by atoms with E-state index in [9.17, 15) is 14.9 Å². The average Bonchev–Trinajstić information content (AvgIpc) is 3.56. The van der Waals surface area contributed by atoms with E-state index in [-0.39, 0.29) is 24.6 Å². The maximum atomic E-state index is 14.2. The highest BCUT2D eigenvalue weighted by Crippen LogP contribution is 2.45. The van der Waals surface area contributed by atoms with Crippen LogP contribution in [0, 0.1) is 11.3 Å².